The standard InChI is InChI=1S/C17H20N4/c1-12-10-21(11-13(2)20(12)3)17-15(9-18)8-14-6-4-5-7-16(14)19-17/h4-8,12-13H,10-11H2,1-3H3. The molecule has 2 unspecified atom stereocenters. The highest BCUT2D eigenvalue weighted by Gasteiger charge is 2.28. The van der Waals surface area contributed by atoms with Crippen LogP contribution in [0, 0.1) is 11.3 Å². The normalized spacial score (nSPS) is 23.2. The fraction of sp³-hybridized carbons (Fsp3) is 0.412. The van der Waals surface area contributed by atoms with Gasteiger partial charge in [0, 0.05) is 30.6 Å². The Morgan fingerprint density at radius 3 is 2.52 bits per heavy atom. The lowest BCUT2D eigenvalue weighted by Gasteiger charge is -2.43. The molecule has 0 aliphatic carbocycles. The van der Waals surface area contributed by atoms with E-state index in [0.29, 0.717) is 17.6 Å². The number of aromatic nitrogens is 1. The predicted molar refractivity (Wildman–Crippen MR) is 85.4 cm³/mol. The van der Waals surface area contributed by atoms with Gasteiger partial charge in [-0.05, 0) is 33.0 Å². The summed E-state index contributed by atoms with van der Waals surface area (Å²) < 4.78 is 0. The van der Waals surface area contributed by atoms with Crippen LogP contribution in [0.5, 0.6) is 0 Å². The van der Waals surface area contributed by atoms with E-state index in [1.54, 1.807) is 0 Å². The molecule has 1 aromatic heterocycles. The van der Waals surface area contributed by atoms with Crippen molar-refractivity contribution in [1.29, 1.82) is 5.26 Å². The second-order valence-electron chi connectivity index (χ2n) is 5.93. The number of benzene rings is 1. The molecule has 2 atom stereocenters. The number of rotatable bonds is 1. The third kappa shape index (κ3) is 2.45. The van der Waals surface area contributed by atoms with Crippen molar-refractivity contribution in [3.8, 4) is 6.07 Å². The molecule has 0 amide bonds. The lowest BCUT2D eigenvalue weighted by Crippen LogP contribution is -2.55. The molecule has 108 valence electrons. The van der Waals surface area contributed by atoms with Crippen molar-refractivity contribution in [2.75, 3.05) is 25.0 Å². The smallest absolute Gasteiger partial charge is 0.147 e. The Labute approximate surface area is 125 Å². The van der Waals surface area contributed by atoms with Crippen molar-refractivity contribution in [3.63, 3.8) is 0 Å². The Morgan fingerprint density at radius 1 is 1.19 bits per heavy atom. The quantitative estimate of drug-likeness (QED) is 0.805. The summed E-state index contributed by atoms with van der Waals surface area (Å²) in [7, 11) is 2.16. The Morgan fingerprint density at radius 2 is 1.86 bits per heavy atom. The molecule has 4 nitrogen and oxygen atoms in total. The molecule has 0 spiro atoms. The maximum Gasteiger partial charge on any atom is 0.147 e. The van der Waals surface area contributed by atoms with E-state index in [9.17, 15) is 5.26 Å². The van der Waals surface area contributed by atoms with Crippen LogP contribution < -0.4 is 4.90 Å². The predicted octanol–water partition coefficient (Wildman–Crippen LogP) is 2.64. The number of anilines is 1. The molecule has 21 heavy (non-hydrogen) atoms. The minimum atomic E-state index is 0.452. The van der Waals surface area contributed by atoms with Gasteiger partial charge in [0.2, 0.25) is 0 Å². The first-order chi connectivity index (χ1) is 10.1. The average molecular weight is 280 g/mol. The number of nitrogens with zero attached hydrogens (tertiary/aromatic N) is 4. The van der Waals surface area contributed by atoms with E-state index in [1.807, 2.05) is 30.3 Å². The molecule has 2 heterocycles. The number of pyridine rings is 1. The molecule has 4 heteroatoms. The molecule has 0 saturated carbocycles. The van der Waals surface area contributed by atoms with Crippen molar-refractivity contribution in [3.05, 3.63) is 35.9 Å². The van der Waals surface area contributed by atoms with Crippen molar-refractivity contribution >= 4 is 16.7 Å². The van der Waals surface area contributed by atoms with E-state index in [2.05, 4.69) is 36.8 Å². The van der Waals surface area contributed by atoms with Crippen molar-refractivity contribution < 1.29 is 0 Å². The Hall–Kier alpha value is -2.12. The third-order valence-corrected chi connectivity index (χ3v) is 4.48. The summed E-state index contributed by atoms with van der Waals surface area (Å²) in [5.74, 6) is 0.822. The second kappa shape index (κ2) is 5.34. The van der Waals surface area contributed by atoms with Gasteiger partial charge in [0.25, 0.3) is 0 Å². The van der Waals surface area contributed by atoms with Gasteiger partial charge in [-0.15, -0.1) is 0 Å². The highest BCUT2D eigenvalue weighted by atomic mass is 15.3. The topological polar surface area (TPSA) is 43.2 Å². The van der Waals surface area contributed by atoms with E-state index in [-0.39, 0.29) is 0 Å². The van der Waals surface area contributed by atoms with Gasteiger partial charge in [0.1, 0.15) is 11.9 Å². The van der Waals surface area contributed by atoms with Gasteiger partial charge >= 0.3 is 0 Å². The van der Waals surface area contributed by atoms with Crippen LogP contribution >= 0.6 is 0 Å². The summed E-state index contributed by atoms with van der Waals surface area (Å²) >= 11 is 0. The molecule has 0 radical (unpaired) electrons. The molecule has 1 aromatic carbocycles. The zero-order valence-electron chi connectivity index (χ0n) is 12.7. The van der Waals surface area contributed by atoms with E-state index in [1.165, 1.54) is 0 Å². The first-order valence-electron chi connectivity index (χ1n) is 7.37. The fourth-order valence-electron chi connectivity index (χ4n) is 3.01. The summed E-state index contributed by atoms with van der Waals surface area (Å²) in [4.78, 5) is 9.38. The van der Waals surface area contributed by atoms with Crippen LogP contribution in [0.2, 0.25) is 0 Å². The molecular formula is C17H20N4. The lowest BCUT2D eigenvalue weighted by molar-refractivity contribution is 0.169. The van der Waals surface area contributed by atoms with Gasteiger partial charge in [0.15, 0.2) is 0 Å². The van der Waals surface area contributed by atoms with Crippen molar-refractivity contribution in [1.82, 2.24) is 9.88 Å². The Balaban J connectivity index is 2.05. The molecule has 1 aliphatic heterocycles. The minimum absolute atomic E-state index is 0.452. The number of fused-ring (bicyclic) bond motifs is 1. The number of hydrogen-bond acceptors (Lipinski definition) is 4. The van der Waals surface area contributed by atoms with E-state index < -0.39 is 0 Å². The highest BCUT2D eigenvalue weighted by Crippen LogP contribution is 2.26. The van der Waals surface area contributed by atoms with Crippen LogP contribution in [0.15, 0.2) is 30.3 Å². The number of likely N-dealkylation sites (N-methyl/N-ethyl adjacent to an activating group) is 1. The first-order valence-corrected chi connectivity index (χ1v) is 7.37. The number of hydrogen-bond donors (Lipinski definition) is 0. The van der Waals surface area contributed by atoms with E-state index in [0.717, 1.165) is 29.8 Å². The maximum atomic E-state index is 9.47. The summed E-state index contributed by atoms with van der Waals surface area (Å²) in [6.45, 7) is 6.24. The van der Waals surface area contributed by atoms with E-state index >= 15 is 0 Å². The maximum absolute atomic E-state index is 9.47. The van der Waals surface area contributed by atoms with Crippen LogP contribution in [0.3, 0.4) is 0 Å². The number of para-hydroxylation sites is 1. The monoisotopic (exact) mass is 280 g/mol. The minimum Gasteiger partial charge on any atom is -0.352 e. The number of piperazine rings is 1. The van der Waals surface area contributed by atoms with Gasteiger partial charge in [-0.1, -0.05) is 18.2 Å². The number of nitriles is 1. The summed E-state index contributed by atoms with van der Waals surface area (Å²) in [5.41, 5.74) is 1.61. The molecule has 2 aromatic rings. The molecule has 1 saturated heterocycles. The van der Waals surface area contributed by atoms with Gasteiger partial charge in [-0.2, -0.15) is 5.26 Å². The van der Waals surface area contributed by atoms with Crippen LogP contribution in [0.1, 0.15) is 19.4 Å². The molecule has 0 N–H and O–H groups in total. The Kier molecular flexibility index (Phi) is 3.52. The zero-order valence-corrected chi connectivity index (χ0v) is 12.7. The van der Waals surface area contributed by atoms with Crippen molar-refractivity contribution in [2.45, 2.75) is 25.9 Å². The van der Waals surface area contributed by atoms with Gasteiger partial charge in [0.05, 0.1) is 11.1 Å². The van der Waals surface area contributed by atoms with Crippen LogP contribution in [0.25, 0.3) is 10.9 Å². The summed E-state index contributed by atoms with van der Waals surface area (Å²) in [5, 5.41) is 10.5. The zero-order chi connectivity index (χ0) is 15.0. The lowest BCUT2D eigenvalue weighted by atomic mass is 10.1. The molecule has 0 bridgehead atoms. The SMILES string of the molecule is CC1CN(c2nc3ccccc3cc2C#N)CC(C)N1C. The third-order valence-electron chi connectivity index (χ3n) is 4.48. The Bertz CT molecular complexity index is 691. The van der Waals surface area contributed by atoms with Gasteiger partial charge in [-0.25, -0.2) is 4.98 Å². The van der Waals surface area contributed by atoms with Crippen LogP contribution in [0.4, 0.5) is 5.82 Å². The van der Waals surface area contributed by atoms with Gasteiger partial charge < -0.3 is 4.90 Å². The van der Waals surface area contributed by atoms with Crippen LogP contribution in [-0.4, -0.2) is 42.1 Å². The second-order valence-corrected chi connectivity index (χ2v) is 5.93. The van der Waals surface area contributed by atoms with E-state index in [4.69, 9.17) is 4.98 Å². The molecule has 1 fully saturated rings. The summed E-state index contributed by atoms with van der Waals surface area (Å²) in [6, 6.07) is 13.1. The average Bonchev–Trinajstić information content (AvgIpc) is 2.50. The largest absolute Gasteiger partial charge is 0.352 e. The first kappa shape index (κ1) is 13.8. The fourth-order valence-corrected chi connectivity index (χ4v) is 3.01. The molecular weight excluding hydrogens is 260 g/mol. The molecule has 3 rings (SSSR count). The van der Waals surface area contributed by atoms with Gasteiger partial charge in [-0.3, -0.25) is 4.90 Å². The summed E-state index contributed by atoms with van der Waals surface area (Å²) in [6.07, 6.45) is 0. The van der Waals surface area contributed by atoms with Crippen LogP contribution in [-0.2, 0) is 0 Å². The molecule has 1 aliphatic rings. The van der Waals surface area contributed by atoms with Crippen molar-refractivity contribution in [2.24, 2.45) is 0 Å². The highest BCUT2D eigenvalue weighted by molar-refractivity contribution is 5.83.